The molecule has 0 spiro atoms. The molecule has 1 rings (SSSR count). The average Bonchev–Trinajstić information content (AvgIpc) is 1.82. The molecule has 0 amide bonds. The fraction of sp³-hybridized carbons (Fsp3) is 0.143. The van der Waals surface area contributed by atoms with Crippen molar-refractivity contribution in [3.05, 3.63) is 35.1 Å². The van der Waals surface area contributed by atoms with E-state index in [9.17, 15) is 13.2 Å². The van der Waals surface area contributed by atoms with E-state index in [0.717, 1.165) is 12.1 Å². The maximum Gasteiger partial charge on any atom is 0.194 e. The fourth-order valence-electron chi connectivity index (χ4n) is 0.682. The Balaban J connectivity index is 0.000001000. The van der Waals surface area contributed by atoms with Crippen LogP contribution in [0.25, 0.3) is 0 Å². The summed E-state index contributed by atoms with van der Waals surface area (Å²) in [6.45, 7) is 1.49. The van der Waals surface area contributed by atoms with Crippen LogP contribution >= 0.6 is 0 Å². The van der Waals surface area contributed by atoms with Crippen LogP contribution in [0.4, 0.5) is 13.2 Å². The quantitative estimate of drug-likeness (QED) is 0.545. The molecule has 1 aromatic rings. The maximum atomic E-state index is 12.2. The minimum atomic E-state index is -1.41. The van der Waals surface area contributed by atoms with Gasteiger partial charge in [-0.2, -0.15) is 0 Å². The Labute approximate surface area is 92.4 Å². The molecule has 0 saturated heterocycles. The summed E-state index contributed by atoms with van der Waals surface area (Å²) in [6, 6.07) is 1.89. The second kappa shape index (κ2) is 4.33. The Hall–Kier alpha value is 0.270. The molecule has 1 aromatic carbocycles. The smallest absolute Gasteiger partial charge is 0.194 e. The SMILES string of the molecule is Cc1cc(F)c(F)c(F)c1.[Ar]. The number of rotatable bonds is 0. The minimum absolute atomic E-state index is 0. The van der Waals surface area contributed by atoms with Gasteiger partial charge < -0.3 is 0 Å². The Morgan fingerprint density at radius 2 is 1.36 bits per heavy atom. The van der Waals surface area contributed by atoms with Gasteiger partial charge >= 0.3 is 0 Å². The van der Waals surface area contributed by atoms with Crippen LogP contribution in [0, 0.1) is 62.1 Å². The van der Waals surface area contributed by atoms with Crippen LogP contribution in [0.15, 0.2) is 12.1 Å². The Bertz CT molecular complexity index is 237. The van der Waals surface area contributed by atoms with E-state index in [1.165, 1.54) is 6.92 Å². The molecule has 0 aromatic heterocycles. The maximum absolute atomic E-state index is 12.2. The number of halogens is 3. The Morgan fingerprint density at radius 1 is 1.00 bits per heavy atom. The van der Waals surface area contributed by atoms with Crippen molar-refractivity contribution in [3.63, 3.8) is 0 Å². The van der Waals surface area contributed by atoms with E-state index >= 15 is 0 Å². The molecule has 0 radical (unpaired) electrons. The van der Waals surface area contributed by atoms with Gasteiger partial charge in [0, 0.05) is 37.7 Å². The van der Waals surface area contributed by atoms with Crippen LogP contribution in [-0.4, -0.2) is 0 Å². The molecular formula is C7H5ArF3. The van der Waals surface area contributed by atoms with Gasteiger partial charge in [0.15, 0.2) is 17.5 Å². The van der Waals surface area contributed by atoms with E-state index < -0.39 is 17.5 Å². The third-order valence-electron chi connectivity index (χ3n) is 1.13. The number of aryl methyl sites for hydroxylation is 1. The molecule has 0 N–H and O–H groups in total. The van der Waals surface area contributed by atoms with Gasteiger partial charge in [-0.25, -0.2) is 13.2 Å². The average molecular weight is 186 g/mol. The van der Waals surface area contributed by atoms with Crippen molar-refractivity contribution in [1.29, 1.82) is 0 Å². The molecule has 0 atom stereocenters. The van der Waals surface area contributed by atoms with Gasteiger partial charge in [0.05, 0.1) is 0 Å². The van der Waals surface area contributed by atoms with Crippen molar-refractivity contribution in [2.24, 2.45) is 0 Å². The van der Waals surface area contributed by atoms with E-state index in [0.29, 0.717) is 5.56 Å². The normalized spacial score (nSPS) is 9.09. The van der Waals surface area contributed by atoms with Crippen molar-refractivity contribution in [3.8, 4) is 0 Å². The molecule has 0 saturated carbocycles. The summed E-state index contributed by atoms with van der Waals surface area (Å²) in [5.74, 6) is -3.69. The standard InChI is InChI=1S/C7H5F3.Ar/c1-4-2-5(8)7(10)6(9)3-4;/h2-3H,1H3;. The molecule has 62 valence electrons. The molecule has 0 aliphatic heterocycles. The first-order chi connectivity index (χ1) is 4.61. The monoisotopic (exact) mass is 186 g/mol. The number of hydrogen-bond donors (Lipinski definition) is 0. The van der Waals surface area contributed by atoms with Gasteiger partial charge in [-0.05, 0) is 24.6 Å². The molecule has 11 heavy (non-hydrogen) atoms. The largest absolute Gasteiger partial charge is 0.204 e. The molecule has 0 nitrogen and oxygen atoms in total. The van der Waals surface area contributed by atoms with Gasteiger partial charge in [0.2, 0.25) is 0 Å². The molecule has 0 aliphatic carbocycles. The number of benzene rings is 1. The van der Waals surface area contributed by atoms with Gasteiger partial charge in [-0.1, -0.05) is 0 Å². The van der Waals surface area contributed by atoms with Crippen LogP contribution in [-0.2, 0) is 0 Å². The summed E-state index contributed by atoms with van der Waals surface area (Å²) in [5.41, 5.74) is 0.372. The van der Waals surface area contributed by atoms with E-state index in [1.54, 1.807) is 0 Å². The van der Waals surface area contributed by atoms with Gasteiger partial charge in [0.25, 0.3) is 0 Å². The zero-order valence-corrected chi connectivity index (χ0v) is 6.35. The van der Waals surface area contributed by atoms with Crippen LogP contribution in [0.5, 0.6) is 0 Å². The summed E-state index contributed by atoms with van der Waals surface area (Å²) in [7, 11) is 0. The van der Waals surface area contributed by atoms with Crippen LogP contribution < -0.4 is 0 Å². The van der Waals surface area contributed by atoms with Gasteiger partial charge in [-0.15, -0.1) is 0 Å². The van der Waals surface area contributed by atoms with E-state index in [4.69, 9.17) is 0 Å². The summed E-state index contributed by atoms with van der Waals surface area (Å²) in [4.78, 5) is 0. The van der Waals surface area contributed by atoms with E-state index in [1.807, 2.05) is 0 Å². The van der Waals surface area contributed by atoms with Crippen LogP contribution in [0.1, 0.15) is 5.56 Å². The summed E-state index contributed by atoms with van der Waals surface area (Å²) in [6.07, 6.45) is 0. The number of hydrogen-bond acceptors (Lipinski definition) is 0. The van der Waals surface area contributed by atoms with Crippen molar-refractivity contribution >= 4 is 0 Å². The van der Waals surface area contributed by atoms with Crippen LogP contribution in [0.2, 0.25) is 0 Å². The van der Waals surface area contributed by atoms with Gasteiger partial charge in [0.1, 0.15) is 0 Å². The molecule has 0 fully saturated rings. The topological polar surface area (TPSA) is 0 Å². The summed E-state index contributed by atoms with van der Waals surface area (Å²) in [5, 5.41) is 0. The van der Waals surface area contributed by atoms with Crippen molar-refractivity contribution < 1.29 is 50.9 Å². The first-order valence-electron chi connectivity index (χ1n) is 2.72. The molecule has 0 bridgehead atoms. The third kappa shape index (κ3) is 2.65. The van der Waals surface area contributed by atoms with Gasteiger partial charge in [-0.3, -0.25) is 0 Å². The zero-order chi connectivity index (χ0) is 7.72. The Morgan fingerprint density at radius 3 is 1.73 bits per heavy atom. The van der Waals surface area contributed by atoms with Crippen LogP contribution in [0.3, 0.4) is 0 Å². The molecule has 0 unspecified atom stereocenters. The first-order valence-corrected chi connectivity index (χ1v) is 2.72. The summed E-state index contributed by atoms with van der Waals surface area (Å²) < 4.78 is 36.6. The fourth-order valence-corrected chi connectivity index (χ4v) is 0.682. The second-order valence-electron chi connectivity index (χ2n) is 2.04. The predicted molar refractivity (Wildman–Crippen MR) is 31.1 cm³/mol. The first kappa shape index (κ1) is 11.3. The molecule has 0 heterocycles. The van der Waals surface area contributed by atoms with Crippen molar-refractivity contribution in [2.75, 3.05) is 0 Å². The zero-order valence-electron chi connectivity index (χ0n) is 5.64. The second-order valence-corrected chi connectivity index (χ2v) is 2.04. The predicted octanol–water partition coefficient (Wildman–Crippen LogP) is 2.41. The van der Waals surface area contributed by atoms with Crippen molar-refractivity contribution in [2.45, 2.75) is 6.92 Å². The third-order valence-corrected chi connectivity index (χ3v) is 1.13. The Kier molecular flexibility index (Phi) is 4.44. The molecule has 0 aliphatic rings. The minimum Gasteiger partial charge on any atom is -0.204 e. The summed E-state index contributed by atoms with van der Waals surface area (Å²) >= 11 is 0. The molecule has 4 heteroatoms. The van der Waals surface area contributed by atoms with E-state index in [-0.39, 0.29) is 37.7 Å². The molecular weight excluding hydrogens is 181 g/mol. The van der Waals surface area contributed by atoms with Crippen molar-refractivity contribution in [1.82, 2.24) is 0 Å². The van der Waals surface area contributed by atoms with E-state index in [2.05, 4.69) is 0 Å².